The summed E-state index contributed by atoms with van der Waals surface area (Å²) in [5, 5.41) is 2.11. The van der Waals surface area contributed by atoms with Gasteiger partial charge in [-0.15, -0.1) is 22.7 Å². The second-order valence-corrected chi connectivity index (χ2v) is 5.73. The van der Waals surface area contributed by atoms with Crippen LogP contribution in [0.2, 0.25) is 0 Å². The van der Waals surface area contributed by atoms with Crippen molar-refractivity contribution in [3.63, 3.8) is 0 Å². The first-order valence-electron chi connectivity index (χ1n) is 4.95. The van der Waals surface area contributed by atoms with Gasteiger partial charge in [-0.3, -0.25) is 0 Å². The van der Waals surface area contributed by atoms with Crippen molar-refractivity contribution in [1.82, 2.24) is 9.55 Å². The predicted octanol–water partition coefficient (Wildman–Crippen LogP) is 2.74. The lowest BCUT2D eigenvalue weighted by Crippen LogP contribution is -2.15. The van der Waals surface area contributed by atoms with E-state index in [4.69, 9.17) is 5.73 Å². The van der Waals surface area contributed by atoms with E-state index < -0.39 is 0 Å². The Labute approximate surface area is 101 Å². The van der Waals surface area contributed by atoms with Crippen LogP contribution in [-0.2, 0) is 7.05 Å². The second-order valence-electron chi connectivity index (χ2n) is 3.67. The van der Waals surface area contributed by atoms with E-state index in [2.05, 4.69) is 22.5 Å². The highest BCUT2D eigenvalue weighted by molar-refractivity contribution is 7.26. The Balaban J connectivity index is 2.04. The van der Waals surface area contributed by atoms with E-state index in [1.807, 2.05) is 17.8 Å². The SMILES string of the molecule is Cn1ccnc1C(N)c1cc2sccc2s1. The molecule has 16 heavy (non-hydrogen) atoms. The van der Waals surface area contributed by atoms with Gasteiger partial charge < -0.3 is 10.3 Å². The van der Waals surface area contributed by atoms with Crippen molar-refractivity contribution in [2.24, 2.45) is 12.8 Å². The molecule has 0 bridgehead atoms. The third-order valence-electron chi connectivity index (χ3n) is 2.60. The van der Waals surface area contributed by atoms with Gasteiger partial charge >= 0.3 is 0 Å². The predicted molar refractivity (Wildman–Crippen MR) is 68.9 cm³/mol. The van der Waals surface area contributed by atoms with Crippen molar-refractivity contribution in [1.29, 1.82) is 0 Å². The van der Waals surface area contributed by atoms with Crippen LogP contribution in [0.25, 0.3) is 9.40 Å². The molecule has 82 valence electrons. The summed E-state index contributed by atoms with van der Waals surface area (Å²) < 4.78 is 4.59. The van der Waals surface area contributed by atoms with Crippen molar-refractivity contribution in [2.45, 2.75) is 6.04 Å². The molecule has 2 N–H and O–H groups in total. The maximum Gasteiger partial charge on any atom is 0.130 e. The molecular weight excluding hydrogens is 238 g/mol. The second kappa shape index (κ2) is 3.69. The highest BCUT2D eigenvalue weighted by atomic mass is 32.1. The van der Waals surface area contributed by atoms with Crippen LogP contribution in [0.1, 0.15) is 16.7 Å². The summed E-state index contributed by atoms with van der Waals surface area (Å²) in [4.78, 5) is 5.47. The topological polar surface area (TPSA) is 43.8 Å². The Hall–Kier alpha value is -1.17. The highest BCUT2D eigenvalue weighted by Gasteiger charge is 2.16. The lowest BCUT2D eigenvalue weighted by atomic mass is 10.2. The summed E-state index contributed by atoms with van der Waals surface area (Å²) in [5.41, 5.74) is 6.22. The molecule has 1 atom stereocenters. The van der Waals surface area contributed by atoms with E-state index in [9.17, 15) is 0 Å². The molecule has 0 saturated carbocycles. The molecule has 3 nitrogen and oxygen atoms in total. The fourth-order valence-electron chi connectivity index (χ4n) is 1.74. The molecule has 3 aromatic rings. The number of hydrogen-bond donors (Lipinski definition) is 1. The minimum absolute atomic E-state index is 0.121. The number of rotatable bonds is 2. The van der Waals surface area contributed by atoms with Crippen molar-refractivity contribution in [3.05, 3.63) is 40.6 Å². The van der Waals surface area contributed by atoms with Crippen LogP contribution in [0.5, 0.6) is 0 Å². The van der Waals surface area contributed by atoms with Crippen molar-refractivity contribution >= 4 is 32.1 Å². The molecule has 0 fully saturated rings. The van der Waals surface area contributed by atoms with E-state index in [0.717, 1.165) is 5.82 Å². The van der Waals surface area contributed by atoms with Crippen LogP contribution >= 0.6 is 22.7 Å². The maximum atomic E-state index is 6.22. The standard InChI is InChI=1S/C11H11N3S2/c1-14-4-3-13-11(14)10(12)9-6-8-7(16-9)2-5-15-8/h2-6,10H,12H2,1H3. The molecule has 3 aromatic heterocycles. The van der Waals surface area contributed by atoms with Gasteiger partial charge in [-0.25, -0.2) is 4.98 Å². The van der Waals surface area contributed by atoms with Gasteiger partial charge in [0.25, 0.3) is 0 Å². The lowest BCUT2D eigenvalue weighted by molar-refractivity contribution is 0.726. The Bertz CT molecular complexity index is 591. The van der Waals surface area contributed by atoms with Crippen LogP contribution in [0.15, 0.2) is 29.9 Å². The van der Waals surface area contributed by atoms with Crippen molar-refractivity contribution < 1.29 is 0 Å². The van der Waals surface area contributed by atoms with E-state index >= 15 is 0 Å². The van der Waals surface area contributed by atoms with E-state index in [-0.39, 0.29) is 6.04 Å². The summed E-state index contributed by atoms with van der Waals surface area (Å²) in [6.45, 7) is 0. The lowest BCUT2D eigenvalue weighted by Gasteiger charge is -2.08. The zero-order valence-corrected chi connectivity index (χ0v) is 10.4. The molecular formula is C11H11N3S2. The largest absolute Gasteiger partial charge is 0.336 e. The fraction of sp³-hybridized carbons (Fsp3) is 0.182. The van der Waals surface area contributed by atoms with Crippen molar-refractivity contribution in [2.75, 3.05) is 0 Å². The van der Waals surface area contributed by atoms with Gasteiger partial charge in [0.05, 0.1) is 6.04 Å². The monoisotopic (exact) mass is 249 g/mol. The summed E-state index contributed by atoms with van der Waals surface area (Å²) in [6.07, 6.45) is 3.70. The number of imidazole rings is 1. The van der Waals surface area contributed by atoms with Gasteiger partial charge in [0, 0.05) is 33.7 Å². The normalized spacial score (nSPS) is 13.4. The molecule has 0 aromatic carbocycles. The van der Waals surface area contributed by atoms with Crippen LogP contribution in [0.3, 0.4) is 0 Å². The van der Waals surface area contributed by atoms with Gasteiger partial charge in [-0.05, 0) is 17.5 Å². The summed E-state index contributed by atoms with van der Waals surface area (Å²) in [5.74, 6) is 0.911. The van der Waals surface area contributed by atoms with Gasteiger partial charge in [-0.1, -0.05) is 0 Å². The molecule has 3 rings (SSSR count). The first-order chi connectivity index (χ1) is 7.75. The summed E-state index contributed by atoms with van der Waals surface area (Å²) in [7, 11) is 1.97. The zero-order valence-electron chi connectivity index (χ0n) is 8.75. The molecule has 0 spiro atoms. The van der Waals surface area contributed by atoms with Crippen molar-refractivity contribution in [3.8, 4) is 0 Å². The number of aromatic nitrogens is 2. The molecule has 3 heterocycles. The molecule has 0 saturated heterocycles. The number of nitrogens with zero attached hydrogens (tertiary/aromatic N) is 2. The number of hydrogen-bond acceptors (Lipinski definition) is 4. The number of fused-ring (bicyclic) bond motifs is 1. The zero-order chi connectivity index (χ0) is 11.1. The summed E-state index contributed by atoms with van der Waals surface area (Å²) in [6, 6.07) is 4.19. The fourth-order valence-corrected chi connectivity index (χ4v) is 3.86. The molecule has 0 aliphatic rings. The van der Waals surface area contributed by atoms with E-state index in [0.29, 0.717) is 0 Å². The molecule has 0 aliphatic carbocycles. The Morgan fingerprint density at radius 1 is 1.44 bits per heavy atom. The number of aryl methyl sites for hydroxylation is 1. The number of thiophene rings is 2. The van der Waals surface area contributed by atoms with Gasteiger partial charge in [0.15, 0.2) is 0 Å². The summed E-state index contributed by atoms with van der Waals surface area (Å²) >= 11 is 3.51. The first kappa shape index (κ1) is 10.0. The molecule has 0 radical (unpaired) electrons. The Kier molecular flexibility index (Phi) is 2.31. The quantitative estimate of drug-likeness (QED) is 0.759. The maximum absolute atomic E-state index is 6.22. The van der Waals surface area contributed by atoms with Crippen LogP contribution in [0.4, 0.5) is 0 Å². The average molecular weight is 249 g/mol. The highest BCUT2D eigenvalue weighted by Crippen LogP contribution is 2.34. The van der Waals surface area contributed by atoms with Gasteiger partial charge in [0.2, 0.25) is 0 Å². The van der Waals surface area contributed by atoms with Gasteiger partial charge in [0.1, 0.15) is 5.82 Å². The Morgan fingerprint density at radius 3 is 3.00 bits per heavy atom. The molecule has 0 aliphatic heterocycles. The average Bonchev–Trinajstić information content (AvgIpc) is 2.89. The Morgan fingerprint density at radius 2 is 2.31 bits per heavy atom. The number of nitrogens with two attached hydrogens (primary N) is 1. The first-order valence-corrected chi connectivity index (χ1v) is 6.65. The molecule has 1 unspecified atom stereocenters. The minimum atomic E-state index is -0.121. The third kappa shape index (κ3) is 1.48. The van der Waals surface area contributed by atoms with E-state index in [1.54, 1.807) is 28.9 Å². The molecule has 5 heteroatoms. The van der Waals surface area contributed by atoms with E-state index in [1.165, 1.54) is 14.3 Å². The van der Waals surface area contributed by atoms with Crippen LogP contribution in [0, 0.1) is 0 Å². The third-order valence-corrected chi connectivity index (χ3v) is 4.78. The van der Waals surface area contributed by atoms with Gasteiger partial charge in [-0.2, -0.15) is 0 Å². The van der Waals surface area contributed by atoms with Crippen LogP contribution in [-0.4, -0.2) is 9.55 Å². The molecule has 0 amide bonds. The smallest absolute Gasteiger partial charge is 0.130 e. The van der Waals surface area contributed by atoms with Crippen LogP contribution < -0.4 is 5.73 Å². The minimum Gasteiger partial charge on any atom is -0.336 e.